The molecule has 0 spiro atoms. The van der Waals surface area contributed by atoms with Crippen LogP contribution in [0.25, 0.3) is 0 Å². The molecule has 2 aliphatic rings. The third-order valence-corrected chi connectivity index (χ3v) is 7.78. The number of carbonyl (C=O) groups is 3. The Bertz CT molecular complexity index is 993. The highest BCUT2D eigenvalue weighted by molar-refractivity contribution is 5.83. The second-order valence-corrected chi connectivity index (χ2v) is 11.7. The van der Waals surface area contributed by atoms with Crippen LogP contribution in [0, 0.1) is 5.41 Å². The molecule has 13 nitrogen and oxygen atoms in total. The molecule has 2 rings (SSSR count). The first-order valence-corrected chi connectivity index (χ1v) is 15.0. The summed E-state index contributed by atoms with van der Waals surface area (Å²) in [5.41, 5.74) is -1.06. The molecule has 44 heavy (non-hydrogen) atoms. The van der Waals surface area contributed by atoms with Crippen LogP contribution in [0.3, 0.4) is 0 Å². The summed E-state index contributed by atoms with van der Waals surface area (Å²) in [5.74, 6) is -4.36. The summed E-state index contributed by atoms with van der Waals surface area (Å²) in [6.07, 6.45) is 1.57. The Hall–Kier alpha value is -2.39. The summed E-state index contributed by atoms with van der Waals surface area (Å²) in [6.45, 7) is 6.59. The van der Waals surface area contributed by atoms with E-state index in [0.29, 0.717) is 19.4 Å². The highest BCUT2D eigenvalue weighted by atomic mass is 16.7. The maximum Gasteiger partial charge on any atom is 0.330 e. The number of aliphatic hydroxyl groups excluding tert-OH is 2. The van der Waals surface area contributed by atoms with Crippen molar-refractivity contribution >= 4 is 17.9 Å². The van der Waals surface area contributed by atoms with Crippen LogP contribution in [0.2, 0.25) is 0 Å². The maximum atomic E-state index is 12.5. The van der Waals surface area contributed by atoms with Crippen molar-refractivity contribution in [3.05, 3.63) is 23.8 Å². The Kier molecular flexibility index (Phi) is 15.4. The SMILES string of the molecule is COC(=O)/C=C1\CCC[C@H](CO)OC(=O)C[C@H](O)CCO[C@H](C)C[C@@H]2CCO[C@H](/C=C/C(C)(C)[C@](O)(OC)[C@H]1OC(C)=O)O2. The van der Waals surface area contributed by atoms with Crippen LogP contribution in [0.1, 0.15) is 72.6 Å². The summed E-state index contributed by atoms with van der Waals surface area (Å²) in [4.78, 5) is 37.2. The van der Waals surface area contributed by atoms with Crippen LogP contribution in [-0.2, 0) is 47.5 Å². The van der Waals surface area contributed by atoms with Crippen LogP contribution >= 0.6 is 0 Å². The summed E-state index contributed by atoms with van der Waals surface area (Å²) >= 11 is 0. The molecule has 0 unspecified atom stereocenters. The zero-order valence-corrected chi connectivity index (χ0v) is 26.7. The summed E-state index contributed by atoms with van der Waals surface area (Å²) in [5, 5.41) is 32.2. The maximum absolute atomic E-state index is 12.5. The van der Waals surface area contributed by atoms with Gasteiger partial charge in [-0.3, -0.25) is 9.59 Å². The minimum absolute atomic E-state index is 0.0707. The Labute approximate surface area is 259 Å². The lowest BCUT2D eigenvalue weighted by molar-refractivity contribution is -0.283. The molecule has 2 bridgehead atoms. The van der Waals surface area contributed by atoms with Crippen LogP contribution < -0.4 is 0 Å². The molecule has 0 aromatic carbocycles. The van der Waals surface area contributed by atoms with E-state index in [1.54, 1.807) is 26.0 Å². The molecule has 13 heteroatoms. The largest absolute Gasteiger partial charge is 0.466 e. The highest BCUT2D eigenvalue weighted by Gasteiger charge is 2.52. The van der Waals surface area contributed by atoms with E-state index in [1.807, 2.05) is 6.92 Å². The first kappa shape index (κ1) is 37.8. The Morgan fingerprint density at radius 2 is 1.84 bits per heavy atom. The van der Waals surface area contributed by atoms with E-state index in [4.69, 9.17) is 33.2 Å². The number of methoxy groups -OCH3 is 2. The van der Waals surface area contributed by atoms with Crippen molar-refractivity contribution in [1.29, 1.82) is 0 Å². The van der Waals surface area contributed by atoms with Gasteiger partial charge in [-0.05, 0) is 57.1 Å². The minimum atomic E-state index is -2.19. The van der Waals surface area contributed by atoms with Gasteiger partial charge < -0.3 is 48.5 Å². The Morgan fingerprint density at radius 3 is 2.48 bits per heavy atom. The number of rotatable bonds is 4. The van der Waals surface area contributed by atoms with Gasteiger partial charge >= 0.3 is 17.9 Å². The highest BCUT2D eigenvalue weighted by Crippen LogP contribution is 2.41. The quantitative estimate of drug-likeness (QED) is 0.135. The fourth-order valence-electron chi connectivity index (χ4n) is 5.19. The fourth-order valence-corrected chi connectivity index (χ4v) is 5.19. The van der Waals surface area contributed by atoms with E-state index >= 15 is 0 Å². The molecule has 0 radical (unpaired) electrons. The zero-order valence-electron chi connectivity index (χ0n) is 26.7. The molecule has 252 valence electrons. The number of carbonyl (C=O) groups excluding carboxylic acids is 3. The molecule has 0 saturated carbocycles. The van der Waals surface area contributed by atoms with Gasteiger partial charge in [-0.25, -0.2) is 4.79 Å². The third-order valence-electron chi connectivity index (χ3n) is 7.78. The van der Waals surface area contributed by atoms with Crippen molar-refractivity contribution in [2.45, 2.75) is 115 Å². The molecule has 1 saturated heterocycles. The predicted molar refractivity (Wildman–Crippen MR) is 156 cm³/mol. The minimum Gasteiger partial charge on any atom is -0.466 e. The van der Waals surface area contributed by atoms with Crippen LogP contribution in [0.4, 0.5) is 0 Å². The van der Waals surface area contributed by atoms with Crippen LogP contribution in [-0.4, -0.2) is 110 Å². The van der Waals surface area contributed by atoms with E-state index in [2.05, 4.69) is 0 Å². The van der Waals surface area contributed by atoms with Crippen molar-refractivity contribution in [3.63, 3.8) is 0 Å². The molecule has 7 atom stereocenters. The van der Waals surface area contributed by atoms with Crippen LogP contribution in [0.5, 0.6) is 0 Å². The van der Waals surface area contributed by atoms with E-state index in [1.165, 1.54) is 21.1 Å². The fraction of sp³-hybridized carbons (Fsp3) is 0.774. The lowest BCUT2D eigenvalue weighted by atomic mass is 9.76. The van der Waals surface area contributed by atoms with Crippen molar-refractivity contribution in [3.8, 4) is 0 Å². The normalized spacial score (nSPS) is 34.9. The number of esters is 3. The Balaban J connectivity index is 2.49. The van der Waals surface area contributed by atoms with Gasteiger partial charge in [0.15, 0.2) is 12.4 Å². The van der Waals surface area contributed by atoms with E-state index in [0.717, 1.165) is 6.08 Å². The molecular formula is C31H50O13. The molecule has 0 aliphatic carbocycles. The molecular weight excluding hydrogens is 580 g/mol. The van der Waals surface area contributed by atoms with Gasteiger partial charge in [-0.2, -0.15) is 0 Å². The molecule has 1 fully saturated rings. The third kappa shape index (κ3) is 11.5. The Morgan fingerprint density at radius 1 is 1.14 bits per heavy atom. The molecule has 0 amide bonds. The number of aliphatic hydroxyl groups is 3. The van der Waals surface area contributed by atoms with E-state index in [9.17, 15) is 29.7 Å². The van der Waals surface area contributed by atoms with Gasteiger partial charge in [-0.1, -0.05) is 19.9 Å². The summed E-state index contributed by atoms with van der Waals surface area (Å²) in [6, 6.07) is 0. The molecule has 2 aliphatic heterocycles. The second kappa shape index (κ2) is 17.9. The standard InChI is InChI=1S/C31H50O13/c1-20-16-24-12-15-41-28(44-24)10-13-30(3,4)31(37,39-6)29(42-21(2)33)22(17-26(35)38-5)8-7-9-25(19-32)43-27(36)18-23(34)11-14-40-20/h10,13,17,20,23-25,28-29,32,34,37H,7-9,11-12,14-16,18-19H2,1-6H3/b13-10+,22-17+/t20-,23-,24+,25-,28+,29+,31-/m1/s1. The average Bonchev–Trinajstić information content (AvgIpc) is 2.96. The van der Waals surface area contributed by atoms with Gasteiger partial charge in [0.1, 0.15) is 6.10 Å². The van der Waals surface area contributed by atoms with Gasteiger partial charge in [0, 0.05) is 32.1 Å². The average molecular weight is 631 g/mol. The van der Waals surface area contributed by atoms with Crippen molar-refractivity contribution in [2.24, 2.45) is 5.41 Å². The molecule has 0 aromatic heterocycles. The summed E-state index contributed by atoms with van der Waals surface area (Å²) in [7, 11) is 2.44. The first-order valence-electron chi connectivity index (χ1n) is 15.0. The smallest absolute Gasteiger partial charge is 0.330 e. The van der Waals surface area contributed by atoms with Gasteiger partial charge in [0.25, 0.3) is 0 Å². The van der Waals surface area contributed by atoms with Crippen molar-refractivity contribution in [1.82, 2.24) is 0 Å². The number of cyclic esters (lactones) is 1. The van der Waals surface area contributed by atoms with Crippen molar-refractivity contribution in [2.75, 3.05) is 34.0 Å². The predicted octanol–water partition coefficient (Wildman–Crippen LogP) is 2.09. The number of fused-ring (bicyclic) bond motifs is 2. The molecule has 3 N–H and O–H groups in total. The summed E-state index contributed by atoms with van der Waals surface area (Å²) < 4.78 is 39.1. The monoisotopic (exact) mass is 630 g/mol. The zero-order chi connectivity index (χ0) is 32.9. The topological polar surface area (TPSA) is 177 Å². The van der Waals surface area contributed by atoms with Gasteiger partial charge in [-0.15, -0.1) is 0 Å². The van der Waals surface area contributed by atoms with Crippen LogP contribution in [0.15, 0.2) is 23.8 Å². The first-order chi connectivity index (χ1) is 20.7. The second-order valence-electron chi connectivity index (χ2n) is 11.7. The molecule has 2 heterocycles. The number of ether oxygens (including phenoxy) is 7. The van der Waals surface area contributed by atoms with Gasteiger partial charge in [0.2, 0.25) is 5.79 Å². The van der Waals surface area contributed by atoms with E-state index < -0.39 is 60.3 Å². The van der Waals surface area contributed by atoms with Crippen molar-refractivity contribution < 1.29 is 62.9 Å². The van der Waals surface area contributed by atoms with Gasteiger partial charge in [0.05, 0.1) is 45.1 Å². The molecule has 0 aromatic rings. The lowest BCUT2D eigenvalue weighted by Gasteiger charge is -2.45. The van der Waals surface area contributed by atoms with E-state index in [-0.39, 0.29) is 56.5 Å². The lowest BCUT2D eigenvalue weighted by Crippen LogP contribution is -2.57. The number of hydrogen-bond donors (Lipinski definition) is 3. The number of hydrogen-bond acceptors (Lipinski definition) is 13.